The van der Waals surface area contributed by atoms with E-state index in [9.17, 15) is 4.79 Å². The Morgan fingerprint density at radius 3 is 3.00 bits per heavy atom. The summed E-state index contributed by atoms with van der Waals surface area (Å²) >= 11 is 0. The van der Waals surface area contributed by atoms with Crippen molar-refractivity contribution < 1.29 is 9.53 Å². The summed E-state index contributed by atoms with van der Waals surface area (Å²) in [4.78, 5) is 12.5. The molecule has 1 amide bonds. The van der Waals surface area contributed by atoms with Gasteiger partial charge in [-0.2, -0.15) is 0 Å². The third kappa shape index (κ3) is 2.86. The van der Waals surface area contributed by atoms with Crippen molar-refractivity contribution in [2.75, 3.05) is 26.7 Å². The Hall–Kier alpha value is -0.610. The van der Waals surface area contributed by atoms with Crippen LogP contribution < -0.4 is 5.73 Å². The Kier molecular flexibility index (Phi) is 2.84. The third-order valence-electron chi connectivity index (χ3n) is 1.81. The Morgan fingerprint density at radius 1 is 1.82 bits per heavy atom. The smallest absolute Gasteiger partial charge is 0.243 e. The molecule has 0 bridgehead atoms. The van der Waals surface area contributed by atoms with Crippen LogP contribution >= 0.6 is 0 Å². The van der Waals surface area contributed by atoms with Crippen LogP contribution in [0, 0.1) is 0 Å². The van der Waals surface area contributed by atoms with Gasteiger partial charge < -0.3 is 15.4 Å². The molecule has 0 aromatic carbocycles. The number of hydrogen-bond acceptors (Lipinski definition) is 3. The number of likely N-dealkylation sites (tertiary alicyclic amines) is 1. The normalized spacial score (nSPS) is 25.7. The molecule has 0 radical (unpaired) electrons. The Balaban J connectivity index is 2.13. The molecule has 4 nitrogen and oxygen atoms in total. The van der Waals surface area contributed by atoms with Gasteiger partial charge in [-0.15, -0.1) is 0 Å². The molecule has 1 heterocycles. The average Bonchev–Trinajstić information content (AvgIpc) is 2.31. The molecule has 0 aromatic heterocycles. The zero-order chi connectivity index (χ0) is 8.27. The second kappa shape index (κ2) is 3.69. The lowest BCUT2D eigenvalue weighted by Crippen LogP contribution is -2.25. The van der Waals surface area contributed by atoms with Crippen molar-refractivity contribution in [3.05, 3.63) is 0 Å². The molecule has 64 valence electrons. The standard InChI is InChI=1S/C7H14N2O2/c1-9-3-2-6(4-9)11-5-7(8)10/h6H,2-5H2,1H3,(H2,8,10). The Bertz CT molecular complexity index is 149. The Labute approximate surface area is 66.3 Å². The third-order valence-corrected chi connectivity index (χ3v) is 1.81. The van der Waals surface area contributed by atoms with Gasteiger partial charge in [0.25, 0.3) is 0 Å². The maximum Gasteiger partial charge on any atom is 0.243 e. The molecule has 4 heteroatoms. The van der Waals surface area contributed by atoms with Crippen LogP contribution in [0.5, 0.6) is 0 Å². The highest BCUT2D eigenvalue weighted by Gasteiger charge is 2.19. The largest absolute Gasteiger partial charge is 0.368 e. The molecule has 1 aliphatic rings. The van der Waals surface area contributed by atoms with Crippen LogP contribution in [0.25, 0.3) is 0 Å². The number of nitrogens with two attached hydrogens (primary N) is 1. The highest BCUT2D eigenvalue weighted by atomic mass is 16.5. The fraction of sp³-hybridized carbons (Fsp3) is 0.857. The lowest BCUT2D eigenvalue weighted by atomic mass is 10.3. The lowest BCUT2D eigenvalue weighted by molar-refractivity contribution is -0.124. The first kappa shape index (κ1) is 8.49. The molecular formula is C7H14N2O2. The van der Waals surface area contributed by atoms with E-state index in [0.717, 1.165) is 19.5 Å². The van der Waals surface area contributed by atoms with Crippen molar-refractivity contribution in [3.8, 4) is 0 Å². The van der Waals surface area contributed by atoms with Gasteiger partial charge in [-0.3, -0.25) is 4.79 Å². The summed E-state index contributed by atoms with van der Waals surface area (Å²) in [6.07, 6.45) is 1.21. The quantitative estimate of drug-likeness (QED) is 0.584. The number of rotatable bonds is 3. The van der Waals surface area contributed by atoms with Crippen LogP contribution in [0.3, 0.4) is 0 Å². The minimum Gasteiger partial charge on any atom is -0.368 e. The number of primary amides is 1. The molecule has 1 aliphatic heterocycles. The maximum atomic E-state index is 10.3. The van der Waals surface area contributed by atoms with Crippen molar-refractivity contribution >= 4 is 5.91 Å². The minimum absolute atomic E-state index is 0.0541. The number of carbonyl (C=O) groups excluding carboxylic acids is 1. The SMILES string of the molecule is CN1CCC(OCC(N)=O)C1. The fourth-order valence-corrected chi connectivity index (χ4v) is 1.23. The molecule has 2 N–H and O–H groups in total. The van der Waals surface area contributed by atoms with Crippen molar-refractivity contribution in [3.63, 3.8) is 0 Å². The van der Waals surface area contributed by atoms with Crippen molar-refractivity contribution in [2.24, 2.45) is 5.73 Å². The maximum absolute atomic E-state index is 10.3. The molecule has 1 fully saturated rings. The van der Waals surface area contributed by atoms with Gasteiger partial charge in [0.1, 0.15) is 6.61 Å². The van der Waals surface area contributed by atoms with Crippen LogP contribution in [0.4, 0.5) is 0 Å². The van der Waals surface area contributed by atoms with E-state index in [4.69, 9.17) is 10.5 Å². The van der Waals surface area contributed by atoms with Crippen molar-refractivity contribution in [1.82, 2.24) is 4.90 Å². The first-order valence-electron chi connectivity index (χ1n) is 3.77. The second-order valence-corrected chi connectivity index (χ2v) is 2.95. The molecule has 0 aliphatic carbocycles. The van der Waals surface area contributed by atoms with Crippen LogP contribution in [-0.4, -0.2) is 43.7 Å². The predicted octanol–water partition coefficient (Wildman–Crippen LogP) is -0.808. The molecule has 1 saturated heterocycles. The topological polar surface area (TPSA) is 55.6 Å². The van der Waals surface area contributed by atoms with Crippen molar-refractivity contribution in [1.29, 1.82) is 0 Å². The van der Waals surface area contributed by atoms with Crippen LogP contribution in [0.15, 0.2) is 0 Å². The Morgan fingerprint density at radius 2 is 2.55 bits per heavy atom. The summed E-state index contributed by atoms with van der Waals surface area (Å²) in [5, 5.41) is 0. The van der Waals surface area contributed by atoms with E-state index in [0.29, 0.717) is 0 Å². The summed E-state index contributed by atoms with van der Waals surface area (Å²) in [5.41, 5.74) is 4.93. The number of ether oxygens (including phenoxy) is 1. The molecule has 0 aromatic rings. The van der Waals surface area contributed by atoms with Crippen molar-refractivity contribution in [2.45, 2.75) is 12.5 Å². The molecule has 11 heavy (non-hydrogen) atoms. The average molecular weight is 158 g/mol. The first-order valence-corrected chi connectivity index (χ1v) is 3.77. The number of amides is 1. The molecule has 1 rings (SSSR count). The van der Waals surface area contributed by atoms with Gasteiger partial charge in [-0.1, -0.05) is 0 Å². The van der Waals surface area contributed by atoms with Crippen LogP contribution in [-0.2, 0) is 9.53 Å². The van der Waals surface area contributed by atoms with Gasteiger partial charge in [0, 0.05) is 13.1 Å². The zero-order valence-corrected chi connectivity index (χ0v) is 6.75. The first-order chi connectivity index (χ1) is 5.18. The summed E-state index contributed by atoms with van der Waals surface area (Å²) in [6, 6.07) is 0. The van der Waals surface area contributed by atoms with E-state index >= 15 is 0 Å². The van der Waals surface area contributed by atoms with Crippen LogP contribution in [0.2, 0.25) is 0 Å². The minimum atomic E-state index is -0.389. The van der Waals surface area contributed by atoms with Gasteiger partial charge in [0.2, 0.25) is 5.91 Å². The molecule has 1 atom stereocenters. The summed E-state index contributed by atoms with van der Waals surface area (Å²) < 4.78 is 5.22. The van der Waals surface area contributed by atoms with Gasteiger partial charge in [-0.05, 0) is 13.5 Å². The summed E-state index contributed by atoms with van der Waals surface area (Å²) in [7, 11) is 2.04. The van der Waals surface area contributed by atoms with Gasteiger partial charge >= 0.3 is 0 Å². The molecule has 1 unspecified atom stereocenters. The van der Waals surface area contributed by atoms with Gasteiger partial charge in [0.15, 0.2) is 0 Å². The van der Waals surface area contributed by atoms with Crippen LogP contribution in [0.1, 0.15) is 6.42 Å². The zero-order valence-electron chi connectivity index (χ0n) is 6.75. The highest BCUT2D eigenvalue weighted by molar-refractivity contribution is 5.75. The summed E-state index contributed by atoms with van der Waals surface area (Å²) in [6.45, 7) is 2.01. The van der Waals surface area contributed by atoms with Gasteiger partial charge in [-0.25, -0.2) is 0 Å². The second-order valence-electron chi connectivity index (χ2n) is 2.95. The fourth-order valence-electron chi connectivity index (χ4n) is 1.23. The van der Waals surface area contributed by atoms with E-state index < -0.39 is 0 Å². The monoisotopic (exact) mass is 158 g/mol. The predicted molar refractivity (Wildman–Crippen MR) is 41.0 cm³/mol. The number of nitrogens with zero attached hydrogens (tertiary/aromatic N) is 1. The van der Waals surface area contributed by atoms with E-state index in [1.807, 2.05) is 7.05 Å². The van der Waals surface area contributed by atoms with E-state index in [2.05, 4.69) is 4.90 Å². The number of hydrogen-bond donors (Lipinski definition) is 1. The van der Waals surface area contributed by atoms with E-state index in [1.54, 1.807) is 0 Å². The number of likely N-dealkylation sites (N-methyl/N-ethyl adjacent to an activating group) is 1. The number of carbonyl (C=O) groups is 1. The molecular weight excluding hydrogens is 144 g/mol. The highest BCUT2D eigenvalue weighted by Crippen LogP contribution is 2.09. The summed E-state index contributed by atoms with van der Waals surface area (Å²) in [5.74, 6) is -0.389. The molecule has 0 saturated carbocycles. The van der Waals surface area contributed by atoms with E-state index in [1.165, 1.54) is 0 Å². The van der Waals surface area contributed by atoms with E-state index in [-0.39, 0.29) is 18.6 Å². The molecule has 0 spiro atoms. The lowest BCUT2D eigenvalue weighted by Gasteiger charge is -2.09. The van der Waals surface area contributed by atoms with Gasteiger partial charge in [0.05, 0.1) is 6.10 Å².